The topological polar surface area (TPSA) is 44.8 Å². The van der Waals surface area contributed by atoms with Crippen molar-refractivity contribution < 1.29 is 19.0 Å². The van der Waals surface area contributed by atoms with Crippen LogP contribution in [0.2, 0.25) is 5.02 Å². The Labute approximate surface area is 147 Å². The third-order valence-electron chi connectivity index (χ3n) is 3.54. The summed E-state index contributed by atoms with van der Waals surface area (Å²) < 4.78 is 16.6. The molecule has 0 aliphatic carbocycles. The molecule has 0 saturated heterocycles. The van der Waals surface area contributed by atoms with Gasteiger partial charge in [0.05, 0.1) is 20.3 Å². The van der Waals surface area contributed by atoms with Crippen LogP contribution in [0.25, 0.3) is 0 Å². The molecule has 0 aliphatic rings. The summed E-state index contributed by atoms with van der Waals surface area (Å²) >= 11 is 6.09. The zero-order valence-corrected chi connectivity index (χ0v) is 14.6. The molecule has 5 heteroatoms. The van der Waals surface area contributed by atoms with Crippen molar-refractivity contribution >= 4 is 17.9 Å². The highest BCUT2D eigenvalue weighted by Crippen LogP contribution is 2.27. The number of methoxy groups -OCH3 is 1. The van der Waals surface area contributed by atoms with Crippen LogP contribution in [0.1, 0.15) is 29.3 Å². The lowest BCUT2D eigenvalue weighted by molar-refractivity contribution is 0.112. The molecule has 0 atom stereocenters. The fourth-order valence-corrected chi connectivity index (χ4v) is 2.47. The van der Waals surface area contributed by atoms with Crippen molar-refractivity contribution in [3.8, 4) is 17.2 Å². The molecule has 0 amide bonds. The van der Waals surface area contributed by atoms with E-state index in [0.29, 0.717) is 30.3 Å². The van der Waals surface area contributed by atoms with Gasteiger partial charge in [-0.15, -0.1) is 0 Å². The van der Waals surface area contributed by atoms with Crippen molar-refractivity contribution in [1.29, 1.82) is 0 Å². The van der Waals surface area contributed by atoms with Gasteiger partial charge < -0.3 is 14.2 Å². The Bertz CT molecular complexity index is 685. The summed E-state index contributed by atoms with van der Waals surface area (Å²) in [4.78, 5) is 10.8. The van der Waals surface area contributed by atoms with E-state index < -0.39 is 0 Å². The molecular weight excluding hydrogens is 328 g/mol. The first kappa shape index (κ1) is 18.1. The number of rotatable bonds is 9. The van der Waals surface area contributed by atoms with E-state index in [2.05, 4.69) is 6.92 Å². The Kier molecular flexibility index (Phi) is 6.94. The van der Waals surface area contributed by atoms with Gasteiger partial charge in [0, 0.05) is 17.0 Å². The number of hydrogen-bond donors (Lipinski definition) is 0. The SMILES string of the molecule is CCc1cc(OCCCOc2ccc(C=O)cc2OC)ccc1Cl. The molecule has 128 valence electrons. The smallest absolute Gasteiger partial charge is 0.161 e. The summed E-state index contributed by atoms with van der Waals surface area (Å²) in [6.07, 6.45) is 2.37. The zero-order chi connectivity index (χ0) is 17.4. The highest BCUT2D eigenvalue weighted by molar-refractivity contribution is 6.31. The van der Waals surface area contributed by atoms with Crippen molar-refractivity contribution in [2.24, 2.45) is 0 Å². The van der Waals surface area contributed by atoms with E-state index in [4.69, 9.17) is 25.8 Å². The van der Waals surface area contributed by atoms with E-state index >= 15 is 0 Å². The molecule has 2 aromatic rings. The summed E-state index contributed by atoms with van der Waals surface area (Å²) in [7, 11) is 1.55. The van der Waals surface area contributed by atoms with Crippen LogP contribution in [0.4, 0.5) is 0 Å². The molecule has 0 N–H and O–H groups in total. The van der Waals surface area contributed by atoms with E-state index in [1.807, 2.05) is 18.2 Å². The van der Waals surface area contributed by atoms with Crippen LogP contribution < -0.4 is 14.2 Å². The first-order valence-corrected chi connectivity index (χ1v) is 8.23. The number of carbonyl (C=O) groups excluding carboxylic acids is 1. The number of halogens is 1. The molecule has 2 rings (SSSR count). The number of ether oxygens (including phenoxy) is 3. The average Bonchev–Trinajstić information content (AvgIpc) is 2.62. The van der Waals surface area contributed by atoms with Gasteiger partial charge in [-0.05, 0) is 48.4 Å². The van der Waals surface area contributed by atoms with Crippen molar-refractivity contribution in [2.45, 2.75) is 19.8 Å². The van der Waals surface area contributed by atoms with Gasteiger partial charge in [0.25, 0.3) is 0 Å². The van der Waals surface area contributed by atoms with E-state index in [-0.39, 0.29) is 0 Å². The third kappa shape index (κ3) is 4.90. The lowest BCUT2D eigenvalue weighted by Gasteiger charge is -2.12. The van der Waals surface area contributed by atoms with E-state index in [0.717, 1.165) is 35.5 Å². The van der Waals surface area contributed by atoms with E-state index in [1.165, 1.54) is 0 Å². The standard InChI is InChI=1S/C19H21ClO4/c1-3-15-12-16(6-7-17(15)20)23-9-4-10-24-18-8-5-14(13-21)11-19(18)22-2/h5-8,11-13H,3-4,9-10H2,1-2H3. The van der Waals surface area contributed by atoms with Crippen LogP contribution in [0.3, 0.4) is 0 Å². The van der Waals surface area contributed by atoms with Gasteiger partial charge in [0.2, 0.25) is 0 Å². The maximum atomic E-state index is 10.8. The van der Waals surface area contributed by atoms with E-state index in [9.17, 15) is 4.79 Å². The van der Waals surface area contributed by atoms with Gasteiger partial charge >= 0.3 is 0 Å². The van der Waals surface area contributed by atoms with Crippen LogP contribution in [-0.2, 0) is 6.42 Å². The third-order valence-corrected chi connectivity index (χ3v) is 3.91. The molecule has 4 nitrogen and oxygen atoms in total. The number of carbonyl (C=O) groups is 1. The van der Waals surface area contributed by atoms with E-state index in [1.54, 1.807) is 25.3 Å². The minimum Gasteiger partial charge on any atom is -0.493 e. The first-order valence-electron chi connectivity index (χ1n) is 7.85. The predicted octanol–water partition coefficient (Wildman–Crippen LogP) is 4.57. The van der Waals surface area contributed by atoms with Crippen molar-refractivity contribution in [2.75, 3.05) is 20.3 Å². The molecule has 0 unspecified atom stereocenters. The monoisotopic (exact) mass is 348 g/mol. The molecule has 0 heterocycles. The maximum Gasteiger partial charge on any atom is 0.161 e. The maximum absolute atomic E-state index is 10.8. The highest BCUT2D eigenvalue weighted by Gasteiger charge is 2.06. The Hall–Kier alpha value is -2.20. The van der Waals surface area contributed by atoms with Gasteiger partial charge in [-0.1, -0.05) is 18.5 Å². The molecule has 0 aromatic heterocycles. The Morgan fingerprint density at radius 2 is 1.83 bits per heavy atom. The van der Waals surface area contributed by atoms with Crippen LogP contribution in [0.5, 0.6) is 17.2 Å². The van der Waals surface area contributed by atoms with Crippen LogP contribution in [0.15, 0.2) is 36.4 Å². The molecule has 0 radical (unpaired) electrons. The molecule has 24 heavy (non-hydrogen) atoms. The van der Waals surface area contributed by atoms with Gasteiger partial charge in [-0.2, -0.15) is 0 Å². The molecule has 2 aromatic carbocycles. The van der Waals surface area contributed by atoms with Crippen LogP contribution in [0, 0.1) is 0 Å². The average molecular weight is 349 g/mol. The second-order valence-electron chi connectivity index (χ2n) is 5.19. The first-order chi connectivity index (χ1) is 11.7. The molecule has 0 bridgehead atoms. The summed E-state index contributed by atoms with van der Waals surface area (Å²) in [5.41, 5.74) is 1.63. The van der Waals surface area contributed by atoms with Gasteiger partial charge in [0.15, 0.2) is 11.5 Å². The largest absolute Gasteiger partial charge is 0.493 e. The number of aldehydes is 1. The van der Waals surface area contributed by atoms with Crippen LogP contribution >= 0.6 is 11.6 Å². The molecule has 0 spiro atoms. The quantitative estimate of drug-likeness (QED) is 0.492. The summed E-state index contributed by atoms with van der Waals surface area (Å²) in [6, 6.07) is 10.8. The van der Waals surface area contributed by atoms with Crippen molar-refractivity contribution in [3.63, 3.8) is 0 Å². The fourth-order valence-electron chi connectivity index (χ4n) is 2.22. The Balaban J connectivity index is 1.80. The highest BCUT2D eigenvalue weighted by atomic mass is 35.5. The number of aryl methyl sites for hydroxylation is 1. The molecular formula is C19H21ClO4. The summed E-state index contributed by atoms with van der Waals surface area (Å²) in [5.74, 6) is 1.97. The van der Waals surface area contributed by atoms with Gasteiger partial charge in [0.1, 0.15) is 12.0 Å². The lowest BCUT2D eigenvalue weighted by atomic mass is 10.1. The fraction of sp³-hybridized carbons (Fsp3) is 0.316. The number of benzene rings is 2. The molecule has 0 saturated carbocycles. The lowest BCUT2D eigenvalue weighted by Crippen LogP contribution is -2.06. The minimum atomic E-state index is 0.491. The summed E-state index contributed by atoms with van der Waals surface area (Å²) in [5, 5.41) is 0.763. The zero-order valence-electron chi connectivity index (χ0n) is 13.9. The minimum absolute atomic E-state index is 0.491. The second kappa shape index (κ2) is 9.18. The van der Waals surface area contributed by atoms with Gasteiger partial charge in [-0.3, -0.25) is 4.79 Å². The second-order valence-corrected chi connectivity index (χ2v) is 5.59. The predicted molar refractivity (Wildman–Crippen MR) is 94.8 cm³/mol. The van der Waals surface area contributed by atoms with Crippen molar-refractivity contribution in [3.05, 3.63) is 52.5 Å². The van der Waals surface area contributed by atoms with Crippen LogP contribution in [-0.4, -0.2) is 26.6 Å². The molecule has 0 aliphatic heterocycles. The summed E-state index contributed by atoms with van der Waals surface area (Å²) in [6.45, 7) is 3.09. The van der Waals surface area contributed by atoms with Crippen molar-refractivity contribution in [1.82, 2.24) is 0 Å². The Morgan fingerprint density at radius 1 is 1.04 bits per heavy atom. The number of hydrogen-bond acceptors (Lipinski definition) is 4. The van der Waals surface area contributed by atoms with Gasteiger partial charge in [-0.25, -0.2) is 0 Å². The molecule has 0 fully saturated rings. The Morgan fingerprint density at radius 3 is 2.54 bits per heavy atom. The normalized spacial score (nSPS) is 10.3.